The maximum absolute atomic E-state index is 5.10. The van der Waals surface area contributed by atoms with E-state index >= 15 is 0 Å². The Morgan fingerprint density at radius 1 is 0.596 bits per heavy atom. The first-order valence-corrected chi connectivity index (χ1v) is 18.2. The zero-order chi connectivity index (χ0) is 32.0. The number of aromatic amines is 1. The van der Waals surface area contributed by atoms with Crippen LogP contribution in [0, 0.1) is 6.92 Å². The summed E-state index contributed by atoms with van der Waals surface area (Å²) in [5, 5.41) is 12.8. The zero-order valence-corrected chi connectivity index (χ0v) is 27.9. The smallest absolute Gasteiger partial charge is 0.201 e. The van der Waals surface area contributed by atoms with E-state index in [0.29, 0.717) is 0 Å². The van der Waals surface area contributed by atoms with E-state index in [4.69, 9.17) is 4.98 Å². The lowest BCUT2D eigenvalue weighted by Crippen LogP contribution is -2.75. The minimum atomic E-state index is -2.82. The van der Waals surface area contributed by atoms with E-state index in [0.717, 1.165) is 28.0 Å². The summed E-state index contributed by atoms with van der Waals surface area (Å²) in [7, 11) is -2.82. The van der Waals surface area contributed by atoms with Gasteiger partial charge < -0.3 is 4.90 Å². The molecule has 0 atom stereocenters. The van der Waals surface area contributed by atoms with Crippen molar-refractivity contribution in [2.75, 3.05) is 4.90 Å². The molecule has 0 aliphatic carbocycles. The maximum Gasteiger partial charge on any atom is 0.201 e. The molecule has 0 fully saturated rings. The Morgan fingerprint density at radius 3 is 1.94 bits per heavy atom. The van der Waals surface area contributed by atoms with Crippen LogP contribution in [0.4, 0.5) is 17.1 Å². The van der Waals surface area contributed by atoms with Crippen LogP contribution in [0.1, 0.15) is 30.7 Å². The van der Waals surface area contributed by atoms with Gasteiger partial charge in [0.1, 0.15) is 0 Å². The Balaban J connectivity index is 1.41. The van der Waals surface area contributed by atoms with E-state index in [2.05, 4.69) is 175 Å². The van der Waals surface area contributed by atoms with Gasteiger partial charge >= 0.3 is 0 Å². The number of para-hydroxylation sites is 1. The summed E-state index contributed by atoms with van der Waals surface area (Å²) >= 11 is 0. The van der Waals surface area contributed by atoms with Gasteiger partial charge in [-0.1, -0.05) is 123 Å². The van der Waals surface area contributed by atoms with Crippen LogP contribution in [-0.4, -0.2) is 23.3 Å². The van der Waals surface area contributed by atoms with Crippen molar-refractivity contribution in [3.63, 3.8) is 0 Å². The standard InChI is InChI=1S/C42H36N4Si/c1-30-27-38(45-44-30)31-24-25-37-40(28-31)46(39-22-11-10-21-36(39)42(37,2)3)32-15-14-20-35(29-32)47(33-16-6-4-7-17-33,34-18-8-5-9-19-34)41-23-12-13-26-43-41/h4-29H,1-3H3,(H,44,45). The molecule has 1 aliphatic rings. The Hall–Kier alpha value is -5.52. The summed E-state index contributed by atoms with van der Waals surface area (Å²) in [5.74, 6) is 0. The van der Waals surface area contributed by atoms with Gasteiger partial charge in [0.15, 0.2) is 0 Å². The molecule has 5 heteroatoms. The maximum atomic E-state index is 5.10. The SMILES string of the molecule is Cc1cc(-c2ccc3c(c2)N(c2cccc([Si](c4ccccc4)(c4ccccc4)c4ccccn4)c2)c2ccccc2C3(C)C)n[nH]1. The van der Waals surface area contributed by atoms with Gasteiger partial charge in [-0.15, -0.1) is 0 Å². The molecule has 228 valence electrons. The molecular weight excluding hydrogens is 589 g/mol. The Labute approximate surface area is 277 Å². The molecule has 2 aromatic heterocycles. The molecule has 3 heterocycles. The Kier molecular flexibility index (Phi) is 7.00. The van der Waals surface area contributed by atoms with Crippen molar-refractivity contribution in [2.45, 2.75) is 26.2 Å². The third-order valence-corrected chi connectivity index (χ3v) is 14.4. The van der Waals surface area contributed by atoms with Crippen molar-refractivity contribution in [1.29, 1.82) is 0 Å². The van der Waals surface area contributed by atoms with Crippen LogP contribution in [0.25, 0.3) is 11.3 Å². The summed E-state index contributed by atoms with van der Waals surface area (Å²) in [4.78, 5) is 7.55. The number of pyridine rings is 1. The highest BCUT2D eigenvalue weighted by molar-refractivity contribution is 7.19. The lowest BCUT2D eigenvalue weighted by Gasteiger charge is -2.42. The number of nitrogens with zero attached hydrogens (tertiary/aromatic N) is 3. The van der Waals surface area contributed by atoms with Crippen molar-refractivity contribution in [3.05, 3.63) is 175 Å². The summed E-state index contributed by atoms with van der Waals surface area (Å²) in [6.07, 6.45) is 1.93. The number of rotatable bonds is 6. The second-order valence-corrected chi connectivity index (χ2v) is 16.6. The monoisotopic (exact) mass is 624 g/mol. The minimum Gasteiger partial charge on any atom is -0.310 e. The second-order valence-electron chi connectivity index (χ2n) is 12.9. The fourth-order valence-electron chi connectivity index (χ4n) is 7.50. The quantitative estimate of drug-likeness (QED) is 0.156. The lowest BCUT2D eigenvalue weighted by atomic mass is 9.73. The number of aromatic nitrogens is 3. The molecule has 1 aliphatic heterocycles. The molecule has 0 saturated heterocycles. The lowest BCUT2D eigenvalue weighted by molar-refractivity contribution is 0.632. The molecule has 47 heavy (non-hydrogen) atoms. The van der Waals surface area contributed by atoms with Crippen LogP contribution < -0.4 is 25.8 Å². The van der Waals surface area contributed by atoms with Gasteiger partial charge in [-0.25, -0.2) is 0 Å². The normalized spacial score (nSPS) is 13.6. The first-order valence-electron chi connectivity index (χ1n) is 16.2. The van der Waals surface area contributed by atoms with Crippen molar-refractivity contribution >= 4 is 46.0 Å². The van der Waals surface area contributed by atoms with Gasteiger partial charge in [0.05, 0.1) is 17.1 Å². The topological polar surface area (TPSA) is 44.8 Å². The Bertz CT molecular complexity index is 2090. The van der Waals surface area contributed by atoms with E-state index in [1.54, 1.807) is 0 Å². The Morgan fingerprint density at radius 2 is 1.26 bits per heavy atom. The summed E-state index contributed by atoms with van der Waals surface area (Å²) in [5.41, 5.74) is 9.00. The number of aryl methyl sites for hydroxylation is 1. The molecule has 0 saturated carbocycles. The largest absolute Gasteiger partial charge is 0.310 e. The third kappa shape index (κ3) is 4.65. The summed E-state index contributed by atoms with van der Waals surface area (Å²) in [6, 6.07) is 55.3. The summed E-state index contributed by atoms with van der Waals surface area (Å²) in [6.45, 7) is 6.71. The second kappa shape index (κ2) is 11.4. The number of H-pyrrole nitrogens is 1. The van der Waals surface area contributed by atoms with E-state index in [9.17, 15) is 0 Å². The zero-order valence-electron chi connectivity index (χ0n) is 26.9. The summed E-state index contributed by atoms with van der Waals surface area (Å²) < 4.78 is 0. The first kappa shape index (κ1) is 28.9. The van der Waals surface area contributed by atoms with Gasteiger partial charge in [-0.2, -0.15) is 5.10 Å². The van der Waals surface area contributed by atoms with E-state index < -0.39 is 8.07 Å². The average molecular weight is 625 g/mol. The molecule has 1 N–H and O–H groups in total. The van der Waals surface area contributed by atoms with Gasteiger partial charge in [-0.3, -0.25) is 10.1 Å². The molecule has 0 radical (unpaired) electrons. The van der Waals surface area contributed by atoms with E-state index in [1.807, 2.05) is 19.2 Å². The van der Waals surface area contributed by atoms with Crippen molar-refractivity contribution in [1.82, 2.24) is 15.2 Å². The number of hydrogen-bond donors (Lipinski definition) is 1. The molecule has 0 spiro atoms. The van der Waals surface area contributed by atoms with E-state index in [-0.39, 0.29) is 5.41 Å². The fraction of sp³-hybridized carbons (Fsp3) is 0.0952. The van der Waals surface area contributed by atoms with Crippen LogP contribution >= 0.6 is 0 Å². The van der Waals surface area contributed by atoms with Crippen molar-refractivity contribution in [2.24, 2.45) is 0 Å². The predicted octanol–water partition coefficient (Wildman–Crippen LogP) is 7.27. The first-order chi connectivity index (χ1) is 23.0. The number of hydrogen-bond acceptors (Lipinski definition) is 3. The molecule has 5 aromatic carbocycles. The molecule has 0 unspecified atom stereocenters. The number of fused-ring (bicyclic) bond motifs is 2. The van der Waals surface area contributed by atoms with Gasteiger partial charge in [0.2, 0.25) is 8.07 Å². The van der Waals surface area contributed by atoms with Crippen LogP contribution in [0.2, 0.25) is 0 Å². The third-order valence-electron chi connectivity index (χ3n) is 9.73. The molecular formula is C42H36N4Si. The predicted molar refractivity (Wildman–Crippen MR) is 197 cm³/mol. The van der Waals surface area contributed by atoms with Crippen molar-refractivity contribution in [3.8, 4) is 11.3 Å². The minimum absolute atomic E-state index is 0.180. The van der Waals surface area contributed by atoms with Crippen LogP contribution in [0.3, 0.4) is 0 Å². The molecule has 4 nitrogen and oxygen atoms in total. The molecule has 8 rings (SSSR count). The highest BCUT2D eigenvalue weighted by Gasteiger charge is 2.44. The number of benzene rings is 5. The molecule has 7 aromatic rings. The highest BCUT2D eigenvalue weighted by Crippen LogP contribution is 2.52. The van der Waals surface area contributed by atoms with Crippen LogP contribution in [0.15, 0.2) is 158 Å². The van der Waals surface area contributed by atoms with E-state index in [1.165, 1.54) is 38.1 Å². The van der Waals surface area contributed by atoms with Gasteiger partial charge in [0, 0.05) is 33.9 Å². The van der Waals surface area contributed by atoms with Crippen LogP contribution in [-0.2, 0) is 5.41 Å². The average Bonchev–Trinajstić information content (AvgIpc) is 3.56. The number of anilines is 3. The fourth-order valence-corrected chi connectivity index (χ4v) is 12.1. The van der Waals surface area contributed by atoms with Crippen molar-refractivity contribution < 1.29 is 0 Å². The van der Waals surface area contributed by atoms with Gasteiger partial charge in [0.25, 0.3) is 0 Å². The number of nitrogens with one attached hydrogen (secondary N) is 1. The highest BCUT2D eigenvalue weighted by atomic mass is 28.3. The molecule has 0 amide bonds. The van der Waals surface area contributed by atoms with Crippen LogP contribution in [0.5, 0.6) is 0 Å². The van der Waals surface area contributed by atoms with Gasteiger partial charge in [-0.05, 0) is 76.1 Å². The molecule has 0 bridgehead atoms.